The van der Waals surface area contributed by atoms with Gasteiger partial charge in [0.05, 0.1) is 23.0 Å². The molecule has 0 atom stereocenters. The van der Waals surface area contributed by atoms with Gasteiger partial charge in [0.1, 0.15) is 5.82 Å². The Morgan fingerprint density at radius 2 is 1.79 bits per heavy atom. The number of aromatic nitrogens is 3. The average Bonchev–Trinajstić information content (AvgIpc) is 3.02. The number of para-hydroxylation sites is 2. The van der Waals surface area contributed by atoms with Gasteiger partial charge in [-0.05, 0) is 32.0 Å². The summed E-state index contributed by atoms with van der Waals surface area (Å²) < 4.78 is 1.96. The predicted octanol–water partition coefficient (Wildman–Crippen LogP) is 3.47. The number of hydrogen-bond donors (Lipinski definition) is 1. The third-order valence-corrected chi connectivity index (χ3v) is 4.99. The molecule has 0 unspecified atom stereocenters. The number of aryl methyl sites for hydroxylation is 1. The van der Waals surface area contributed by atoms with Gasteiger partial charge in [-0.1, -0.05) is 30.3 Å². The smallest absolute Gasteiger partial charge is 0.258 e. The number of nitrogens with one attached hydrogen (secondary N) is 1. The Bertz CT molecular complexity index is 1240. The van der Waals surface area contributed by atoms with Gasteiger partial charge in [-0.15, -0.1) is 0 Å². The molecule has 142 valence electrons. The van der Waals surface area contributed by atoms with E-state index in [-0.39, 0.29) is 24.1 Å². The number of carbonyl (C=O) groups excluding carboxylic acids is 1. The topological polar surface area (TPSA) is 71.0 Å². The lowest BCUT2D eigenvalue weighted by Gasteiger charge is -2.26. The first-order valence-corrected chi connectivity index (χ1v) is 9.28. The zero-order valence-electron chi connectivity index (χ0n) is 16.1. The molecule has 0 radical (unpaired) electrons. The Morgan fingerprint density at radius 1 is 1.11 bits per heavy atom. The summed E-state index contributed by atoms with van der Waals surface area (Å²) in [6.07, 6.45) is 1.86. The zero-order chi connectivity index (χ0) is 19.8. The fourth-order valence-corrected chi connectivity index (χ4v) is 3.53. The summed E-state index contributed by atoms with van der Waals surface area (Å²) in [6.45, 7) is 4.16. The Labute approximate surface area is 162 Å². The van der Waals surface area contributed by atoms with E-state index in [2.05, 4.69) is 9.97 Å². The van der Waals surface area contributed by atoms with Crippen LogP contribution in [0.5, 0.6) is 0 Å². The second kappa shape index (κ2) is 6.96. The van der Waals surface area contributed by atoms with Gasteiger partial charge in [-0.25, -0.2) is 4.98 Å². The van der Waals surface area contributed by atoms with Crippen molar-refractivity contribution in [2.75, 3.05) is 0 Å². The summed E-state index contributed by atoms with van der Waals surface area (Å²) in [6, 6.07) is 15.0. The van der Waals surface area contributed by atoms with E-state index in [0.717, 1.165) is 10.9 Å². The molecular formula is C22H22N4O2. The maximum Gasteiger partial charge on any atom is 0.258 e. The average molecular weight is 374 g/mol. The number of H-pyrrole nitrogens is 1. The quantitative estimate of drug-likeness (QED) is 0.595. The van der Waals surface area contributed by atoms with Crippen LogP contribution in [0.1, 0.15) is 30.0 Å². The summed E-state index contributed by atoms with van der Waals surface area (Å²) in [4.78, 5) is 34.8. The second-order valence-electron chi connectivity index (χ2n) is 7.23. The van der Waals surface area contributed by atoms with Crippen molar-refractivity contribution in [3.8, 4) is 0 Å². The number of hydrogen-bond acceptors (Lipinski definition) is 3. The van der Waals surface area contributed by atoms with Crippen LogP contribution in [0.15, 0.2) is 59.5 Å². The van der Waals surface area contributed by atoms with Crippen LogP contribution >= 0.6 is 0 Å². The lowest BCUT2D eigenvalue weighted by atomic mass is 10.1. The number of benzene rings is 2. The van der Waals surface area contributed by atoms with Crippen LogP contribution in [-0.2, 0) is 13.6 Å². The number of amides is 1. The van der Waals surface area contributed by atoms with E-state index in [9.17, 15) is 9.59 Å². The molecule has 0 saturated heterocycles. The van der Waals surface area contributed by atoms with E-state index in [1.807, 2.05) is 68.1 Å². The molecule has 6 nitrogen and oxygen atoms in total. The number of fused-ring (bicyclic) bond motifs is 2. The molecule has 0 aliphatic heterocycles. The fraction of sp³-hybridized carbons (Fsp3) is 0.227. The molecule has 0 aliphatic carbocycles. The Hall–Kier alpha value is -3.41. The third-order valence-electron chi connectivity index (χ3n) is 4.99. The van der Waals surface area contributed by atoms with Gasteiger partial charge >= 0.3 is 0 Å². The summed E-state index contributed by atoms with van der Waals surface area (Å²) in [5.74, 6) is 0.397. The molecule has 1 N–H and O–H groups in total. The maximum atomic E-state index is 13.4. The minimum absolute atomic E-state index is 0.0526. The molecule has 1 amide bonds. The normalized spacial score (nSPS) is 11.4. The molecule has 0 aliphatic rings. The maximum absolute atomic E-state index is 13.4. The van der Waals surface area contributed by atoms with Crippen molar-refractivity contribution in [1.29, 1.82) is 0 Å². The van der Waals surface area contributed by atoms with Crippen LogP contribution in [0.2, 0.25) is 0 Å². The first-order chi connectivity index (χ1) is 13.5. The van der Waals surface area contributed by atoms with Crippen molar-refractivity contribution in [2.24, 2.45) is 7.05 Å². The third kappa shape index (κ3) is 3.07. The minimum atomic E-state index is -0.193. The van der Waals surface area contributed by atoms with E-state index in [0.29, 0.717) is 22.3 Å². The molecule has 28 heavy (non-hydrogen) atoms. The van der Waals surface area contributed by atoms with E-state index < -0.39 is 0 Å². The highest BCUT2D eigenvalue weighted by Crippen LogP contribution is 2.23. The van der Waals surface area contributed by atoms with Crippen molar-refractivity contribution >= 4 is 27.7 Å². The SMILES string of the molecule is CC(C)N(Cc1nc2ccccc2c(=O)[nH]1)C(=O)c1cn(C)c2ccccc12. The summed E-state index contributed by atoms with van der Waals surface area (Å²) in [5.41, 5.74) is 2.09. The number of aromatic amines is 1. The van der Waals surface area contributed by atoms with Crippen LogP contribution < -0.4 is 5.56 Å². The molecule has 2 aromatic carbocycles. The van der Waals surface area contributed by atoms with Gasteiger partial charge in [-0.3, -0.25) is 9.59 Å². The zero-order valence-corrected chi connectivity index (χ0v) is 16.1. The Kier molecular flexibility index (Phi) is 4.47. The molecule has 6 heteroatoms. The van der Waals surface area contributed by atoms with Crippen molar-refractivity contribution in [3.05, 3.63) is 76.5 Å². The van der Waals surface area contributed by atoms with Crippen molar-refractivity contribution in [3.63, 3.8) is 0 Å². The van der Waals surface area contributed by atoms with Crippen LogP contribution in [0, 0.1) is 0 Å². The van der Waals surface area contributed by atoms with Gasteiger partial charge in [0.25, 0.3) is 11.5 Å². The van der Waals surface area contributed by atoms with Gasteiger partial charge in [-0.2, -0.15) is 0 Å². The molecule has 4 rings (SSSR count). The summed E-state index contributed by atoms with van der Waals surface area (Å²) >= 11 is 0. The molecule has 0 spiro atoms. The first kappa shape index (κ1) is 18.0. The van der Waals surface area contributed by atoms with Crippen LogP contribution in [0.4, 0.5) is 0 Å². The molecule has 0 saturated carbocycles. The number of rotatable bonds is 4. The molecular weight excluding hydrogens is 352 g/mol. The van der Waals surface area contributed by atoms with Crippen molar-refractivity contribution < 1.29 is 4.79 Å². The predicted molar refractivity (Wildman–Crippen MR) is 110 cm³/mol. The summed E-state index contributed by atoms with van der Waals surface area (Å²) in [5, 5.41) is 1.46. The highest BCUT2D eigenvalue weighted by atomic mass is 16.2. The van der Waals surface area contributed by atoms with Crippen molar-refractivity contribution in [1.82, 2.24) is 19.4 Å². The van der Waals surface area contributed by atoms with Crippen LogP contribution in [0.3, 0.4) is 0 Å². The lowest BCUT2D eigenvalue weighted by Crippen LogP contribution is -2.37. The molecule has 0 fully saturated rings. The van der Waals surface area contributed by atoms with Gasteiger partial charge in [0.15, 0.2) is 0 Å². The van der Waals surface area contributed by atoms with Crippen molar-refractivity contribution in [2.45, 2.75) is 26.4 Å². The lowest BCUT2D eigenvalue weighted by molar-refractivity contribution is 0.0687. The first-order valence-electron chi connectivity index (χ1n) is 9.28. The summed E-state index contributed by atoms with van der Waals surface area (Å²) in [7, 11) is 1.93. The van der Waals surface area contributed by atoms with Gasteiger partial charge in [0.2, 0.25) is 0 Å². The van der Waals surface area contributed by atoms with E-state index >= 15 is 0 Å². The molecule has 0 bridgehead atoms. The molecule has 2 heterocycles. The highest BCUT2D eigenvalue weighted by molar-refractivity contribution is 6.07. The standard InChI is InChI=1S/C22H22N4O2/c1-14(2)26(13-20-23-18-10-6-4-9-16(18)21(27)24-20)22(28)17-12-25(3)19-11-7-5-8-15(17)19/h4-12,14H,13H2,1-3H3,(H,23,24,27). The Balaban J connectivity index is 1.73. The number of carbonyl (C=O) groups is 1. The van der Waals surface area contributed by atoms with Crippen LogP contribution in [0.25, 0.3) is 21.8 Å². The fourth-order valence-electron chi connectivity index (χ4n) is 3.53. The highest BCUT2D eigenvalue weighted by Gasteiger charge is 2.23. The van der Waals surface area contributed by atoms with E-state index in [4.69, 9.17) is 0 Å². The second-order valence-corrected chi connectivity index (χ2v) is 7.23. The monoisotopic (exact) mass is 374 g/mol. The van der Waals surface area contributed by atoms with Crippen LogP contribution in [-0.4, -0.2) is 31.4 Å². The van der Waals surface area contributed by atoms with E-state index in [1.54, 1.807) is 17.0 Å². The Morgan fingerprint density at radius 3 is 2.54 bits per heavy atom. The van der Waals surface area contributed by atoms with Gasteiger partial charge < -0.3 is 14.5 Å². The molecule has 2 aromatic heterocycles. The molecule has 4 aromatic rings. The largest absolute Gasteiger partial charge is 0.350 e. The van der Waals surface area contributed by atoms with E-state index in [1.165, 1.54) is 0 Å². The minimum Gasteiger partial charge on any atom is -0.350 e. The van der Waals surface area contributed by atoms with Gasteiger partial charge in [0, 0.05) is 30.2 Å². The number of nitrogens with zero attached hydrogens (tertiary/aromatic N) is 3.